The number of amides is 1. The average Bonchev–Trinajstić information content (AvgIpc) is 3.00. The lowest BCUT2D eigenvalue weighted by Gasteiger charge is -2.39. The molecule has 0 N–H and O–H groups in total. The van der Waals surface area contributed by atoms with Crippen LogP contribution in [0.3, 0.4) is 0 Å². The van der Waals surface area contributed by atoms with Gasteiger partial charge in [0.15, 0.2) is 5.65 Å². The number of anilines is 1. The molecule has 0 spiro atoms. The van der Waals surface area contributed by atoms with E-state index in [-0.39, 0.29) is 5.92 Å². The molecule has 0 radical (unpaired) electrons. The zero-order chi connectivity index (χ0) is 15.8. The van der Waals surface area contributed by atoms with Gasteiger partial charge in [-0.2, -0.15) is 4.52 Å². The Bertz CT molecular complexity index is 701. The van der Waals surface area contributed by atoms with Gasteiger partial charge in [-0.1, -0.05) is 6.42 Å². The van der Waals surface area contributed by atoms with E-state index in [2.05, 4.69) is 20.2 Å². The Hall–Kier alpha value is -2.18. The average molecular weight is 314 g/mol. The van der Waals surface area contributed by atoms with Crippen molar-refractivity contribution in [1.29, 1.82) is 0 Å². The summed E-state index contributed by atoms with van der Waals surface area (Å²) in [5, 5.41) is 12.4. The van der Waals surface area contributed by atoms with E-state index < -0.39 is 0 Å². The first-order valence-electron chi connectivity index (χ1n) is 8.41. The van der Waals surface area contributed by atoms with E-state index in [0.29, 0.717) is 11.9 Å². The van der Waals surface area contributed by atoms with E-state index in [4.69, 9.17) is 0 Å². The summed E-state index contributed by atoms with van der Waals surface area (Å²) in [6.45, 7) is 1.85. The van der Waals surface area contributed by atoms with Crippen LogP contribution >= 0.6 is 0 Å². The van der Waals surface area contributed by atoms with Gasteiger partial charge in [0, 0.05) is 32.1 Å². The second-order valence-corrected chi connectivity index (χ2v) is 6.62. The third kappa shape index (κ3) is 2.64. The first-order chi connectivity index (χ1) is 11.2. The molecule has 0 unspecified atom stereocenters. The van der Waals surface area contributed by atoms with Crippen molar-refractivity contribution in [3.05, 3.63) is 18.5 Å². The Morgan fingerprint density at radius 3 is 2.70 bits per heavy atom. The van der Waals surface area contributed by atoms with Crippen LogP contribution in [0.1, 0.15) is 32.1 Å². The molecule has 2 aliphatic rings. The van der Waals surface area contributed by atoms with Gasteiger partial charge >= 0.3 is 0 Å². The van der Waals surface area contributed by atoms with Crippen LogP contribution < -0.4 is 4.90 Å². The van der Waals surface area contributed by atoms with Gasteiger partial charge in [-0.05, 0) is 37.8 Å². The fourth-order valence-corrected chi connectivity index (χ4v) is 3.49. The van der Waals surface area contributed by atoms with Crippen molar-refractivity contribution in [2.24, 2.45) is 5.92 Å². The van der Waals surface area contributed by atoms with Crippen LogP contribution in [0, 0.1) is 5.92 Å². The van der Waals surface area contributed by atoms with Crippen LogP contribution in [0.4, 0.5) is 5.82 Å². The number of carbonyl (C=O) groups is 1. The van der Waals surface area contributed by atoms with E-state index >= 15 is 0 Å². The summed E-state index contributed by atoms with van der Waals surface area (Å²) in [5.74, 6) is 1.58. The minimum atomic E-state index is 0.288. The lowest BCUT2D eigenvalue weighted by molar-refractivity contribution is -0.139. The van der Waals surface area contributed by atoms with Gasteiger partial charge in [-0.15, -0.1) is 15.3 Å². The van der Waals surface area contributed by atoms with E-state index in [1.54, 1.807) is 10.8 Å². The number of hydrogen-bond acceptors (Lipinski definition) is 5. The Balaban J connectivity index is 1.39. The third-order valence-corrected chi connectivity index (χ3v) is 5.29. The molecule has 1 amide bonds. The van der Waals surface area contributed by atoms with Gasteiger partial charge in [0.1, 0.15) is 12.1 Å². The van der Waals surface area contributed by atoms with Crippen molar-refractivity contribution in [2.45, 2.75) is 38.1 Å². The fourth-order valence-electron chi connectivity index (χ4n) is 3.49. The van der Waals surface area contributed by atoms with Gasteiger partial charge < -0.3 is 9.80 Å². The summed E-state index contributed by atoms with van der Waals surface area (Å²) in [6.07, 6.45) is 6.97. The Morgan fingerprint density at radius 2 is 2.00 bits per heavy atom. The van der Waals surface area contributed by atoms with Gasteiger partial charge in [0.2, 0.25) is 5.91 Å². The van der Waals surface area contributed by atoms with Crippen molar-refractivity contribution in [3.8, 4) is 0 Å². The lowest BCUT2D eigenvalue weighted by atomic mass is 9.84. The van der Waals surface area contributed by atoms with Crippen molar-refractivity contribution in [1.82, 2.24) is 24.7 Å². The second kappa shape index (κ2) is 5.79. The van der Waals surface area contributed by atoms with Crippen LogP contribution in [0.15, 0.2) is 18.5 Å². The summed E-state index contributed by atoms with van der Waals surface area (Å²) in [5.41, 5.74) is 0.759. The topological polar surface area (TPSA) is 66.6 Å². The first kappa shape index (κ1) is 14.4. The number of rotatable bonds is 3. The molecule has 1 aliphatic heterocycles. The van der Waals surface area contributed by atoms with Gasteiger partial charge in [-0.3, -0.25) is 4.79 Å². The molecule has 0 atom stereocenters. The molecule has 1 saturated carbocycles. The molecule has 23 heavy (non-hydrogen) atoms. The summed E-state index contributed by atoms with van der Waals surface area (Å²) >= 11 is 0. The number of piperidine rings is 1. The fraction of sp³-hybridized carbons (Fsp3) is 0.625. The van der Waals surface area contributed by atoms with Crippen LogP contribution in [-0.4, -0.2) is 56.8 Å². The molecule has 7 heteroatoms. The quantitative estimate of drug-likeness (QED) is 0.855. The zero-order valence-corrected chi connectivity index (χ0v) is 13.4. The number of aromatic nitrogens is 4. The second-order valence-electron chi connectivity index (χ2n) is 6.62. The predicted octanol–water partition coefficient (Wildman–Crippen LogP) is 1.35. The molecule has 1 saturated heterocycles. The van der Waals surface area contributed by atoms with Crippen molar-refractivity contribution in [3.63, 3.8) is 0 Å². The molecule has 3 heterocycles. The highest BCUT2D eigenvalue weighted by atomic mass is 16.2. The first-order valence-corrected chi connectivity index (χ1v) is 8.41. The number of hydrogen-bond donors (Lipinski definition) is 0. The molecule has 7 nitrogen and oxygen atoms in total. The van der Waals surface area contributed by atoms with Crippen LogP contribution in [0.25, 0.3) is 5.65 Å². The standard InChI is InChI=1S/C16H22N6O/c1-20(16(23)12-3-2-4-12)13-7-9-21(10-8-13)15-6-5-14-18-17-11-22(14)19-15/h5-6,11-13H,2-4,7-10H2,1H3. The number of fused-ring (bicyclic) bond motifs is 1. The summed E-state index contributed by atoms with van der Waals surface area (Å²) in [6, 6.07) is 4.29. The highest BCUT2D eigenvalue weighted by molar-refractivity contribution is 5.79. The smallest absolute Gasteiger partial charge is 0.225 e. The highest BCUT2D eigenvalue weighted by Gasteiger charge is 2.32. The van der Waals surface area contributed by atoms with E-state index in [1.807, 2.05) is 24.1 Å². The SMILES string of the molecule is CN(C(=O)C1CCC1)C1CCN(c2ccc3nncn3n2)CC1. The van der Waals surface area contributed by atoms with Crippen LogP contribution in [0.5, 0.6) is 0 Å². The molecule has 0 bridgehead atoms. The van der Waals surface area contributed by atoms with E-state index in [1.165, 1.54) is 6.42 Å². The minimum Gasteiger partial charge on any atom is -0.355 e. The lowest BCUT2D eigenvalue weighted by Crippen LogP contribution is -2.48. The van der Waals surface area contributed by atoms with Gasteiger partial charge in [0.25, 0.3) is 0 Å². The van der Waals surface area contributed by atoms with Crippen molar-refractivity contribution in [2.75, 3.05) is 25.0 Å². The molecule has 2 fully saturated rings. The molecular formula is C16H22N6O. The number of nitrogens with zero attached hydrogens (tertiary/aromatic N) is 6. The highest BCUT2D eigenvalue weighted by Crippen LogP contribution is 2.30. The summed E-state index contributed by atoms with van der Waals surface area (Å²) < 4.78 is 1.70. The monoisotopic (exact) mass is 314 g/mol. The van der Waals surface area contributed by atoms with Crippen LogP contribution in [0.2, 0.25) is 0 Å². The largest absolute Gasteiger partial charge is 0.355 e. The minimum absolute atomic E-state index is 0.288. The maximum atomic E-state index is 12.4. The van der Waals surface area contributed by atoms with Gasteiger partial charge in [0.05, 0.1) is 0 Å². The molecule has 2 aromatic heterocycles. The molecule has 0 aromatic carbocycles. The normalized spacial score (nSPS) is 19.8. The maximum Gasteiger partial charge on any atom is 0.225 e. The molecule has 4 rings (SSSR count). The van der Waals surface area contributed by atoms with Crippen molar-refractivity contribution < 1.29 is 4.79 Å². The third-order valence-electron chi connectivity index (χ3n) is 5.29. The van der Waals surface area contributed by atoms with Crippen molar-refractivity contribution >= 4 is 17.4 Å². The van der Waals surface area contributed by atoms with E-state index in [9.17, 15) is 4.79 Å². The summed E-state index contributed by atoms with van der Waals surface area (Å²) in [7, 11) is 1.97. The Labute approximate surface area is 135 Å². The molecular weight excluding hydrogens is 292 g/mol. The Kier molecular flexibility index (Phi) is 3.63. The predicted molar refractivity (Wildman–Crippen MR) is 86.1 cm³/mol. The maximum absolute atomic E-state index is 12.4. The molecule has 122 valence electrons. The number of carbonyl (C=O) groups excluding carboxylic acids is 1. The molecule has 1 aliphatic carbocycles. The van der Waals surface area contributed by atoms with Crippen LogP contribution in [-0.2, 0) is 4.79 Å². The van der Waals surface area contributed by atoms with Gasteiger partial charge in [-0.25, -0.2) is 0 Å². The molecule has 2 aromatic rings. The zero-order valence-electron chi connectivity index (χ0n) is 13.4. The van der Waals surface area contributed by atoms with E-state index in [0.717, 1.165) is 50.2 Å². The Morgan fingerprint density at radius 1 is 1.22 bits per heavy atom. The summed E-state index contributed by atoms with van der Waals surface area (Å²) in [4.78, 5) is 16.6.